The average Bonchev–Trinajstić information content (AvgIpc) is 3.05. The smallest absolute Gasteiger partial charge is 0.266 e. The van der Waals surface area contributed by atoms with Crippen LogP contribution in [0.25, 0.3) is 11.3 Å². The van der Waals surface area contributed by atoms with Gasteiger partial charge in [-0.2, -0.15) is 5.10 Å². The molecule has 0 bridgehead atoms. The first-order valence-electron chi connectivity index (χ1n) is 6.85. The molecule has 3 rings (SSSR count). The fourth-order valence-electron chi connectivity index (χ4n) is 2.08. The highest BCUT2D eigenvalue weighted by atomic mass is 16.5. The molecule has 0 atom stereocenters. The van der Waals surface area contributed by atoms with Crippen molar-refractivity contribution in [2.45, 2.75) is 6.61 Å². The van der Waals surface area contributed by atoms with E-state index in [2.05, 4.69) is 10.2 Å². The van der Waals surface area contributed by atoms with E-state index < -0.39 is 5.91 Å². The molecule has 0 radical (unpaired) electrons. The Morgan fingerprint density at radius 2 is 1.91 bits per heavy atom. The first-order chi connectivity index (χ1) is 10.7. The summed E-state index contributed by atoms with van der Waals surface area (Å²) in [6, 6.07) is 19.1. The van der Waals surface area contributed by atoms with Crippen molar-refractivity contribution in [1.82, 2.24) is 10.2 Å². The van der Waals surface area contributed by atoms with Crippen LogP contribution in [-0.4, -0.2) is 16.1 Å². The number of ether oxygens (including phenoxy) is 1. The maximum absolute atomic E-state index is 11.1. The van der Waals surface area contributed by atoms with Crippen LogP contribution in [0.5, 0.6) is 5.75 Å². The third kappa shape index (κ3) is 3.15. The van der Waals surface area contributed by atoms with Gasteiger partial charge in [0.1, 0.15) is 18.1 Å². The van der Waals surface area contributed by atoms with Gasteiger partial charge in [0, 0.05) is 5.56 Å². The van der Waals surface area contributed by atoms with Gasteiger partial charge in [0.2, 0.25) is 0 Å². The summed E-state index contributed by atoms with van der Waals surface area (Å²) in [4.78, 5) is 11.1. The topological polar surface area (TPSA) is 81.0 Å². The zero-order chi connectivity index (χ0) is 15.4. The molecular formula is C17H15N3O2. The minimum absolute atomic E-state index is 0.283. The lowest BCUT2D eigenvalue weighted by molar-refractivity contribution is 0.0995. The molecule has 3 N–H and O–H groups in total. The standard InChI is InChI=1S/C17H15N3O2/c18-17(21)16-10-15(19-20-16)13-7-4-8-14(9-13)22-11-12-5-2-1-3-6-12/h1-10H,11H2,(H2,18,21)(H,19,20). The number of carbonyl (C=O) groups is 1. The van der Waals surface area contributed by atoms with Crippen molar-refractivity contribution < 1.29 is 9.53 Å². The molecule has 5 heteroatoms. The summed E-state index contributed by atoms with van der Waals surface area (Å²) in [6.07, 6.45) is 0. The molecule has 0 fully saturated rings. The number of aromatic amines is 1. The summed E-state index contributed by atoms with van der Waals surface area (Å²) < 4.78 is 5.78. The van der Waals surface area contributed by atoms with Crippen molar-refractivity contribution in [3.05, 3.63) is 71.9 Å². The number of aromatic nitrogens is 2. The average molecular weight is 293 g/mol. The van der Waals surface area contributed by atoms with E-state index >= 15 is 0 Å². The number of hydrogen-bond donors (Lipinski definition) is 2. The van der Waals surface area contributed by atoms with Gasteiger partial charge in [-0.25, -0.2) is 0 Å². The minimum atomic E-state index is -0.532. The fourth-order valence-corrected chi connectivity index (χ4v) is 2.08. The molecular weight excluding hydrogens is 278 g/mol. The van der Waals surface area contributed by atoms with Crippen LogP contribution < -0.4 is 10.5 Å². The van der Waals surface area contributed by atoms with Gasteiger partial charge >= 0.3 is 0 Å². The first-order valence-corrected chi connectivity index (χ1v) is 6.85. The van der Waals surface area contributed by atoms with Crippen LogP contribution in [0.2, 0.25) is 0 Å². The normalized spacial score (nSPS) is 10.4. The molecule has 0 saturated carbocycles. The zero-order valence-corrected chi connectivity index (χ0v) is 11.8. The van der Waals surface area contributed by atoms with Crippen molar-refractivity contribution in [1.29, 1.82) is 0 Å². The van der Waals surface area contributed by atoms with Crippen LogP contribution in [0.4, 0.5) is 0 Å². The van der Waals surface area contributed by atoms with Gasteiger partial charge in [-0.05, 0) is 23.8 Å². The second-order valence-corrected chi connectivity index (χ2v) is 4.83. The Bertz CT molecular complexity index is 781. The Hall–Kier alpha value is -3.08. The molecule has 22 heavy (non-hydrogen) atoms. The molecule has 1 aromatic heterocycles. The van der Waals surface area contributed by atoms with Crippen molar-refractivity contribution in [3.63, 3.8) is 0 Å². The Morgan fingerprint density at radius 3 is 2.64 bits per heavy atom. The SMILES string of the molecule is NC(=O)c1cc(-c2cccc(OCc3ccccc3)c2)n[nH]1. The molecule has 2 aromatic carbocycles. The fraction of sp³-hybridized carbons (Fsp3) is 0.0588. The van der Waals surface area contributed by atoms with Gasteiger partial charge in [0.25, 0.3) is 5.91 Å². The molecule has 1 amide bonds. The number of nitrogens with zero attached hydrogens (tertiary/aromatic N) is 1. The number of nitrogens with one attached hydrogen (secondary N) is 1. The third-order valence-corrected chi connectivity index (χ3v) is 3.22. The molecule has 0 spiro atoms. The van der Waals surface area contributed by atoms with E-state index in [4.69, 9.17) is 10.5 Å². The van der Waals surface area contributed by atoms with Crippen LogP contribution in [0.3, 0.4) is 0 Å². The van der Waals surface area contributed by atoms with Crippen LogP contribution in [-0.2, 0) is 6.61 Å². The Kier molecular flexibility index (Phi) is 3.87. The number of benzene rings is 2. The minimum Gasteiger partial charge on any atom is -0.489 e. The second kappa shape index (κ2) is 6.13. The van der Waals surface area contributed by atoms with Gasteiger partial charge in [-0.1, -0.05) is 42.5 Å². The summed E-state index contributed by atoms with van der Waals surface area (Å²) in [7, 11) is 0. The second-order valence-electron chi connectivity index (χ2n) is 4.83. The van der Waals surface area contributed by atoms with Gasteiger partial charge < -0.3 is 10.5 Å². The molecule has 110 valence electrons. The maximum atomic E-state index is 11.1. The molecule has 0 aliphatic rings. The highest BCUT2D eigenvalue weighted by Gasteiger charge is 2.08. The van der Waals surface area contributed by atoms with Crippen molar-refractivity contribution in [3.8, 4) is 17.0 Å². The van der Waals surface area contributed by atoms with Crippen LogP contribution in [0, 0.1) is 0 Å². The van der Waals surface area contributed by atoms with E-state index in [9.17, 15) is 4.79 Å². The summed E-state index contributed by atoms with van der Waals surface area (Å²) in [5, 5.41) is 6.70. The summed E-state index contributed by atoms with van der Waals surface area (Å²) >= 11 is 0. The summed E-state index contributed by atoms with van der Waals surface area (Å²) in [5.41, 5.74) is 8.10. The molecule has 5 nitrogen and oxygen atoms in total. The molecule has 0 aliphatic heterocycles. The predicted molar refractivity (Wildman–Crippen MR) is 83.3 cm³/mol. The number of hydrogen-bond acceptors (Lipinski definition) is 3. The Morgan fingerprint density at radius 1 is 1.09 bits per heavy atom. The van der Waals surface area contributed by atoms with E-state index in [1.54, 1.807) is 6.07 Å². The molecule has 0 unspecified atom stereocenters. The summed E-state index contributed by atoms with van der Waals surface area (Å²) in [5.74, 6) is 0.209. The van der Waals surface area contributed by atoms with Crippen LogP contribution in [0.1, 0.15) is 16.1 Å². The molecule has 1 heterocycles. The van der Waals surface area contributed by atoms with E-state index in [0.29, 0.717) is 12.3 Å². The van der Waals surface area contributed by atoms with Crippen molar-refractivity contribution in [2.75, 3.05) is 0 Å². The van der Waals surface area contributed by atoms with Gasteiger partial charge in [-0.3, -0.25) is 9.89 Å². The molecule has 0 aliphatic carbocycles. The lowest BCUT2D eigenvalue weighted by atomic mass is 10.1. The number of H-pyrrole nitrogens is 1. The maximum Gasteiger partial charge on any atom is 0.266 e. The van der Waals surface area contributed by atoms with Crippen LogP contribution >= 0.6 is 0 Å². The molecule has 0 saturated heterocycles. The Labute approximate surface area is 127 Å². The van der Waals surface area contributed by atoms with E-state index in [1.807, 2.05) is 54.6 Å². The first kappa shape index (κ1) is 13.9. The number of amides is 1. The molecule has 3 aromatic rings. The van der Waals surface area contributed by atoms with E-state index in [-0.39, 0.29) is 5.69 Å². The zero-order valence-electron chi connectivity index (χ0n) is 11.8. The highest BCUT2D eigenvalue weighted by Crippen LogP contribution is 2.23. The van der Waals surface area contributed by atoms with Gasteiger partial charge in [0.05, 0.1) is 5.69 Å². The Balaban J connectivity index is 1.75. The van der Waals surface area contributed by atoms with E-state index in [1.165, 1.54) is 0 Å². The highest BCUT2D eigenvalue weighted by molar-refractivity contribution is 5.91. The van der Waals surface area contributed by atoms with Gasteiger partial charge in [-0.15, -0.1) is 0 Å². The largest absolute Gasteiger partial charge is 0.489 e. The number of rotatable bonds is 5. The van der Waals surface area contributed by atoms with Gasteiger partial charge in [0.15, 0.2) is 0 Å². The quantitative estimate of drug-likeness (QED) is 0.759. The summed E-state index contributed by atoms with van der Waals surface area (Å²) in [6.45, 7) is 0.497. The van der Waals surface area contributed by atoms with Crippen LogP contribution in [0.15, 0.2) is 60.7 Å². The number of primary amides is 1. The van der Waals surface area contributed by atoms with Crippen molar-refractivity contribution >= 4 is 5.91 Å². The lowest BCUT2D eigenvalue weighted by Gasteiger charge is -2.07. The van der Waals surface area contributed by atoms with E-state index in [0.717, 1.165) is 16.9 Å². The van der Waals surface area contributed by atoms with Crippen molar-refractivity contribution in [2.24, 2.45) is 5.73 Å². The lowest BCUT2D eigenvalue weighted by Crippen LogP contribution is -2.10. The number of carbonyl (C=O) groups excluding carboxylic acids is 1. The number of nitrogens with two attached hydrogens (primary N) is 1. The monoisotopic (exact) mass is 293 g/mol. The predicted octanol–water partition coefficient (Wildman–Crippen LogP) is 2.75. The third-order valence-electron chi connectivity index (χ3n) is 3.22.